The average Bonchev–Trinajstić information content (AvgIpc) is 4.17. The SMILES string of the molecule is C1=NC2=C(NC1)/C1=N/c3c4nccnc4c4n3[Si](OC[C@H]3CCCCC3NCc3ccccc3)(OC[C@H]3CCCCC3NCc3ccccc3)N3/C(=N\C2=N1)c1nccnc1C3NC1=N/C(=N\4)C2=C1NCC=N2. The Morgan fingerprint density at radius 2 is 1.15 bits per heavy atom. The van der Waals surface area contributed by atoms with Crippen molar-refractivity contribution in [3.05, 3.63) is 131 Å². The van der Waals surface area contributed by atoms with Crippen molar-refractivity contribution in [3.8, 4) is 0 Å². The lowest BCUT2D eigenvalue weighted by Gasteiger charge is -2.45. The van der Waals surface area contributed by atoms with Crippen LogP contribution in [0.2, 0.25) is 0 Å². The Morgan fingerprint density at radius 3 is 1.81 bits per heavy atom. The van der Waals surface area contributed by atoms with Crippen molar-refractivity contribution in [2.24, 2.45) is 46.8 Å². The number of aromatic nitrogens is 5. The van der Waals surface area contributed by atoms with Crippen LogP contribution in [0.3, 0.4) is 0 Å². The van der Waals surface area contributed by atoms with Crippen molar-refractivity contribution in [1.82, 2.24) is 55.3 Å². The maximum atomic E-state index is 8.12. The molecule has 14 rings (SSSR count). The smallest absolute Gasteiger partial charge is 0.375 e. The van der Waals surface area contributed by atoms with Crippen molar-refractivity contribution in [2.75, 3.05) is 26.3 Å². The van der Waals surface area contributed by atoms with E-state index in [9.17, 15) is 0 Å². The lowest BCUT2D eigenvalue weighted by Crippen LogP contribution is -2.68. The van der Waals surface area contributed by atoms with Gasteiger partial charge in [0.2, 0.25) is 0 Å². The van der Waals surface area contributed by atoms with Crippen molar-refractivity contribution < 1.29 is 8.85 Å². The van der Waals surface area contributed by atoms with Gasteiger partial charge < -0.3 is 35.4 Å². The molecule has 3 unspecified atom stereocenters. The number of rotatable bonds is 12. The van der Waals surface area contributed by atoms with Gasteiger partial charge in [-0.25, -0.2) is 39.9 Å². The summed E-state index contributed by atoms with van der Waals surface area (Å²) in [5, 5.41) is 18.9. The summed E-state index contributed by atoms with van der Waals surface area (Å²) in [6.45, 7) is 3.18. The normalized spacial score (nSPS) is 28.5. The minimum Gasteiger partial charge on any atom is -0.375 e. The molecule has 5 aromatic rings. The van der Waals surface area contributed by atoms with Crippen LogP contribution >= 0.6 is 0 Å². The number of hydrogen-bond acceptors (Lipinski definition) is 19. The van der Waals surface area contributed by atoms with Gasteiger partial charge in [0.25, 0.3) is 0 Å². The van der Waals surface area contributed by atoms with Gasteiger partial charge in [0.05, 0.1) is 13.1 Å². The predicted molar refractivity (Wildman–Crippen MR) is 281 cm³/mol. The Hall–Kier alpha value is -7.43. The predicted octanol–water partition coefficient (Wildman–Crippen LogP) is 5.27. The summed E-state index contributed by atoms with van der Waals surface area (Å²) in [7, 11) is -4.48. The third-order valence-electron chi connectivity index (χ3n) is 15.3. The van der Waals surface area contributed by atoms with Crippen molar-refractivity contribution in [3.63, 3.8) is 0 Å². The lowest BCUT2D eigenvalue weighted by molar-refractivity contribution is 0.0542. The van der Waals surface area contributed by atoms with E-state index < -0.39 is 15.0 Å². The first kappa shape index (κ1) is 44.3. The number of benzene rings is 2. The van der Waals surface area contributed by atoms with E-state index in [1.54, 1.807) is 24.8 Å². The van der Waals surface area contributed by atoms with Crippen molar-refractivity contribution in [1.29, 1.82) is 0 Å². The summed E-state index contributed by atoms with van der Waals surface area (Å²) in [5.74, 6) is 3.27. The van der Waals surface area contributed by atoms with E-state index in [-0.39, 0.29) is 23.9 Å². The number of hydrogen-bond donors (Lipinski definition) is 5. The van der Waals surface area contributed by atoms with Crippen LogP contribution in [0.5, 0.6) is 0 Å². The second-order valence-corrected chi connectivity index (χ2v) is 22.3. The second kappa shape index (κ2) is 18.6. The zero-order chi connectivity index (χ0) is 48.3. The molecule has 21 heteroatoms. The number of nitrogens with one attached hydrogen (secondary N) is 5. The molecular formula is C52H54N18O2Si. The molecule has 5 N–H and O–H groups in total. The molecule has 2 aromatic carbocycles. The number of nitrogens with zero attached hydrogens (tertiary/aromatic N) is 13. The van der Waals surface area contributed by atoms with Crippen molar-refractivity contribution >= 4 is 73.2 Å². The highest BCUT2D eigenvalue weighted by Gasteiger charge is 2.63. The molecule has 73 heavy (non-hydrogen) atoms. The highest BCUT2D eigenvalue weighted by molar-refractivity contribution is 6.68. The summed E-state index contributed by atoms with van der Waals surface area (Å²) >= 11 is 0. The first-order valence-electron chi connectivity index (χ1n) is 25.7. The van der Waals surface area contributed by atoms with Crippen LogP contribution in [0.25, 0.3) is 11.0 Å². The average molecular weight is 991 g/mol. The minimum atomic E-state index is -4.48. The van der Waals surface area contributed by atoms with Crippen LogP contribution in [0.1, 0.15) is 80.0 Å². The van der Waals surface area contributed by atoms with Gasteiger partial charge in [-0.2, -0.15) is 0 Å². The third kappa shape index (κ3) is 7.75. The minimum absolute atomic E-state index is 0.114. The Kier molecular flexibility index (Phi) is 11.3. The standard InChI is InChI=1S/C52H54N18O2Si/c1-3-11-31(12-4-1)27-61-35-17-9-7-15-33(35)29-71-73(72-30-34-16-8-10-18-36(34)62-28-32-13-5-2-6-14-32)69-49-41-42(58-24-23-57-41)51(69)67-47-39-40(56-22-21-55-39)48(64-47)68-52-44-43(59-25-26-60-44)50(70(52)73)66-46-38-37(45(63-46)65-49)53-19-20-54-38/h1-6,11-14,19,22-26,33-36,50,54-55,61-62H,7-10,15-18,20-21,27-30H2,(H,63,65,66)/b67-47-,68-52-/t33-,34-,35?,36?,50?,73?/m1/s1. The van der Waals surface area contributed by atoms with Crippen LogP contribution in [0.4, 0.5) is 11.6 Å². The van der Waals surface area contributed by atoms with Crippen LogP contribution in [-0.2, 0) is 21.9 Å². The molecule has 10 heterocycles. The molecule has 5 atom stereocenters. The van der Waals surface area contributed by atoms with Crippen LogP contribution in [0, 0.1) is 11.8 Å². The largest absolute Gasteiger partial charge is 0.599 e. The maximum absolute atomic E-state index is 8.12. The van der Waals surface area contributed by atoms with E-state index in [4.69, 9.17) is 63.7 Å². The van der Waals surface area contributed by atoms with E-state index in [1.807, 2.05) is 12.4 Å². The van der Waals surface area contributed by atoms with Crippen molar-refractivity contribution in [2.45, 2.75) is 82.7 Å². The fourth-order valence-electron chi connectivity index (χ4n) is 11.7. The Morgan fingerprint density at radius 1 is 0.589 bits per heavy atom. The zero-order valence-corrected chi connectivity index (χ0v) is 41.2. The Bertz CT molecular complexity index is 3240. The maximum Gasteiger partial charge on any atom is 0.599 e. The topological polar surface area (TPSA) is 225 Å². The molecule has 7 aliphatic heterocycles. The number of aliphatic imine (C=N–C) groups is 7. The van der Waals surface area contributed by atoms with Gasteiger partial charge in [0, 0.05) is 75.6 Å². The molecule has 6 bridgehead atoms. The molecule has 0 amide bonds. The third-order valence-corrected chi connectivity index (χ3v) is 18.5. The molecule has 9 aliphatic rings. The molecule has 2 fully saturated rings. The summed E-state index contributed by atoms with van der Waals surface area (Å²) in [4.78, 5) is 57.1. The number of fused-ring (bicyclic) bond motifs is 12. The molecule has 0 spiro atoms. The van der Waals surface area contributed by atoms with Crippen LogP contribution in [-0.4, -0.2) is 118 Å². The first-order chi connectivity index (χ1) is 36.2. The summed E-state index contributed by atoms with van der Waals surface area (Å²) in [6, 6.07) is 21.6. The quantitative estimate of drug-likeness (QED) is 0.101. The molecular weight excluding hydrogens is 937 g/mol. The van der Waals surface area contributed by atoms with Gasteiger partial charge in [0.15, 0.2) is 40.8 Å². The lowest BCUT2D eigenvalue weighted by atomic mass is 9.85. The highest BCUT2D eigenvalue weighted by Crippen LogP contribution is 2.47. The molecule has 2 aliphatic carbocycles. The van der Waals surface area contributed by atoms with E-state index in [0.717, 1.165) is 70.2 Å². The second-order valence-electron chi connectivity index (χ2n) is 19.7. The van der Waals surface area contributed by atoms with Crippen LogP contribution in [0.15, 0.2) is 143 Å². The van der Waals surface area contributed by atoms with Gasteiger partial charge in [-0.15, -0.1) is 0 Å². The summed E-state index contributed by atoms with van der Waals surface area (Å²) in [5.41, 5.74) is 7.19. The molecule has 2 saturated carbocycles. The highest BCUT2D eigenvalue weighted by atomic mass is 28.4. The Labute approximate surface area is 422 Å². The zero-order valence-electron chi connectivity index (χ0n) is 40.2. The molecule has 20 nitrogen and oxygen atoms in total. The van der Waals surface area contributed by atoms with Crippen LogP contribution < -0.4 is 26.6 Å². The summed E-state index contributed by atoms with van der Waals surface area (Å²) in [6.07, 6.45) is 18.0. The molecule has 0 radical (unpaired) electrons. The first-order valence-corrected chi connectivity index (χ1v) is 27.4. The van der Waals surface area contributed by atoms with Gasteiger partial charge in [-0.05, 0) is 48.6 Å². The van der Waals surface area contributed by atoms with Gasteiger partial charge >= 0.3 is 8.88 Å². The van der Waals surface area contributed by atoms with Gasteiger partial charge in [-0.1, -0.05) is 86.3 Å². The van der Waals surface area contributed by atoms with E-state index in [0.29, 0.717) is 107 Å². The monoisotopic (exact) mass is 990 g/mol. The fourth-order valence-corrected chi connectivity index (χ4v) is 15.2. The van der Waals surface area contributed by atoms with Gasteiger partial charge in [-0.3, -0.25) is 23.8 Å². The Balaban J connectivity index is 1.01. The van der Waals surface area contributed by atoms with E-state index in [2.05, 4.69) is 96.0 Å². The summed E-state index contributed by atoms with van der Waals surface area (Å²) < 4.78 is 20.5. The molecule has 368 valence electrons. The van der Waals surface area contributed by atoms with E-state index in [1.165, 1.54) is 11.1 Å². The fraction of sp³-hybridized carbons (Fsp3) is 0.365. The molecule has 3 aromatic heterocycles. The molecule has 0 saturated heterocycles. The van der Waals surface area contributed by atoms with Gasteiger partial charge in [0.1, 0.15) is 51.4 Å². The van der Waals surface area contributed by atoms with E-state index >= 15 is 0 Å². The number of amidine groups is 5.